The van der Waals surface area contributed by atoms with E-state index in [0.717, 1.165) is 12.8 Å². The highest BCUT2D eigenvalue weighted by Crippen LogP contribution is 2.22. The number of hydrogen-bond donors (Lipinski definition) is 1. The van der Waals surface area contributed by atoms with E-state index < -0.39 is 0 Å². The van der Waals surface area contributed by atoms with Crippen molar-refractivity contribution < 1.29 is 4.74 Å². The highest BCUT2D eigenvalue weighted by molar-refractivity contribution is 5.28. The maximum atomic E-state index is 5.28. The van der Waals surface area contributed by atoms with Gasteiger partial charge in [0.25, 0.3) is 0 Å². The van der Waals surface area contributed by atoms with Gasteiger partial charge in [-0.3, -0.25) is 0 Å². The van der Waals surface area contributed by atoms with Gasteiger partial charge in [-0.2, -0.15) is 0 Å². The maximum Gasteiger partial charge on any atom is 0.0543 e. The minimum Gasteiger partial charge on any atom is -0.382 e. The second-order valence-electron chi connectivity index (χ2n) is 4.32. The van der Waals surface area contributed by atoms with Crippen molar-refractivity contribution in [1.82, 2.24) is 5.32 Å². The molecule has 2 unspecified atom stereocenters. The Morgan fingerprint density at radius 2 is 1.94 bits per heavy atom. The van der Waals surface area contributed by atoms with Crippen LogP contribution in [0.5, 0.6) is 0 Å². The monoisotopic (exact) mass is 221 g/mol. The van der Waals surface area contributed by atoms with E-state index in [4.69, 9.17) is 4.74 Å². The van der Waals surface area contributed by atoms with Gasteiger partial charge in [0, 0.05) is 13.2 Å². The van der Waals surface area contributed by atoms with E-state index in [-0.39, 0.29) is 0 Å². The molecule has 1 aromatic rings. The lowest BCUT2D eigenvalue weighted by Crippen LogP contribution is -2.19. The van der Waals surface area contributed by atoms with Gasteiger partial charge in [0.15, 0.2) is 0 Å². The molecule has 0 aliphatic carbocycles. The molecule has 2 atom stereocenters. The van der Waals surface area contributed by atoms with E-state index in [9.17, 15) is 0 Å². The lowest BCUT2D eigenvalue weighted by Gasteiger charge is -2.20. The zero-order chi connectivity index (χ0) is 12.0. The molecule has 0 bridgehead atoms. The molecule has 0 amide bonds. The van der Waals surface area contributed by atoms with Gasteiger partial charge in [0.1, 0.15) is 0 Å². The largest absolute Gasteiger partial charge is 0.382 e. The molecule has 0 aliphatic heterocycles. The fourth-order valence-electron chi connectivity index (χ4n) is 1.95. The fourth-order valence-corrected chi connectivity index (χ4v) is 1.95. The van der Waals surface area contributed by atoms with Crippen molar-refractivity contribution in [3.8, 4) is 0 Å². The first-order chi connectivity index (χ1) is 7.69. The summed E-state index contributed by atoms with van der Waals surface area (Å²) < 4.78 is 5.28. The van der Waals surface area contributed by atoms with Gasteiger partial charge in [0.05, 0.1) is 6.10 Å². The summed E-state index contributed by atoms with van der Waals surface area (Å²) in [6, 6.07) is 8.99. The minimum atomic E-state index is 0.333. The van der Waals surface area contributed by atoms with Crippen LogP contribution in [0.4, 0.5) is 0 Å². The fraction of sp³-hybridized carbons (Fsp3) is 0.571. The molecule has 0 radical (unpaired) electrons. The lowest BCUT2D eigenvalue weighted by atomic mass is 9.97. The van der Waals surface area contributed by atoms with Gasteiger partial charge in [-0.25, -0.2) is 0 Å². The molecule has 90 valence electrons. The Balaban J connectivity index is 2.64. The Kier molecular flexibility index (Phi) is 5.50. The number of hydrogen-bond acceptors (Lipinski definition) is 2. The Hall–Kier alpha value is -0.860. The summed E-state index contributed by atoms with van der Waals surface area (Å²) in [6.45, 7) is 4.28. The number of rotatable bonds is 6. The van der Waals surface area contributed by atoms with Crippen LogP contribution in [0, 0.1) is 6.92 Å². The number of nitrogens with one attached hydrogen (secondary N) is 1. The second-order valence-corrected chi connectivity index (χ2v) is 4.32. The molecule has 0 aromatic heterocycles. The number of benzene rings is 1. The molecule has 0 fully saturated rings. The van der Waals surface area contributed by atoms with E-state index in [1.54, 1.807) is 7.11 Å². The first-order valence-electron chi connectivity index (χ1n) is 5.94. The van der Waals surface area contributed by atoms with Crippen LogP contribution in [-0.2, 0) is 4.74 Å². The van der Waals surface area contributed by atoms with Crippen molar-refractivity contribution in [3.63, 3.8) is 0 Å². The van der Waals surface area contributed by atoms with Crippen LogP contribution in [0.1, 0.15) is 36.9 Å². The minimum absolute atomic E-state index is 0.333. The lowest BCUT2D eigenvalue weighted by molar-refractivity contribution is 0.106. The molecule has 16 heavy (non-hydrogen) atoms. The Bertz CT molecular complexity index is 311. The predicted molar refractivity (Wildman–Crippen MR) is 68.7 cm³/mol. The van der Waals surface area contributed by atoms with Crippen molar-refractivity contribution in [2.24, 2.45) is 0 Å². The number of ether oxygens (including phenoxy) is 1. The van der Waals surface area contributed by atoms with Crippen LogP contribution in [0.15, 0.2) is 24.3 Å². The van der Waals surface area contributed by atoms with Gasteiger partial charge < -0.3 is 10.1 Å². The second kappa shape index (κ2) is 6.66. The average molecular weight is 221 g/mol. The molecule has 1 aromatic carbocycles. The topological polar surface area (TPSA) is 21.3 Å². The van der Waals surface area contributed by atoms with Gasteiger partial charge >= 0.3 is 0 Å². The summed E-state index contributed by atoms with van der Waals surface area (Å²) in [7, 11) is 3.79. The van der Waals surface area contributed by atoms with Crippen molar-refractivity contribution >= 4 is 0 Å². The van der Waals surface area contributed by atoms with Crippen LogP contribution < -0.4 is 5.32 Å². The summed E-state index contributed by atoms with van der Waals surface area (Å²) >= 11 is 0. The predicted octanol–water partition coefficient (Wildman–Crippen LogP) is 3.07. The molecule has 0 spiro atoms. The van der Waals surface area contributed by atoms with E-state index in [1.807, 2.05) is 7.05 Å². The van der Waals surface area contributed by atoms with Gasteiger partial charge in [-0.15, -0.1) is 0 Å². The first-order valence-corrected chi connectivity index (χ1v) is 5.94. The van der Waals surface area contributed by atoms with Crippen LogP contribution in [-0.4, -0.2) is 20.3 Å². The third-order valence-corrected chi connectivity index (χ3v) is 3.18. The van der Waals surface area contributed by atoms with Gasteiger partial charge in [0.2, 0.25) is 0 Å². The Labute approximate surface area is 99.0 Å². The highest BCUT2D eigenvalue weighted by atomic mass is 16.5. The standard InChI is InChI=1S/C14H23NO/c1-11-7-5-6-8-13(11)14(15-3)10-9-12(2)16-4/h5-8,12,14-15H,9-10H2,1-4H3. The molecule has 2 nitrogen and oxygen atoms in total. The normalized spacial score (nSPS) is 14.8. The van der Waals surface area contributed by atoms with E-state index >= 15 is 0 Å². The van der Waals surface area contributed by atoms with Crippen molar-refractivity contribution in [2.45, 2.75) is 38.8 Å². The Morgan fingerprint density at radius 3 is 2.50 bits per heavy atom. The third kappa shape index (κ3) is 3.62. The number of aryl methyl sites for hydroxylation is 1. The summed E-state index contributed by atoms with van der Waals surface area (Å²) in [5, 5.41) is 3.38. The molecular weight excluding hydrogens is 198 g/mol. The van der Waals surface area contributed by atoms with Crippen molar-refractivity contribution in [2.75, 3.05) is 14.2 Å². The zero-order valence-electron chi connectivity index (χ0n) is 10.8. The van der Waals surface area contributed by atoms with Crippen LogP contribution in [0.3, 0.4) is 0 Å². The van der Waals surface area contributed by atoms with Crippen molar-refractivity contribution in [3.05, 3.63) is 35.4 Å². The molecule has 1 rings (SSSR count). The first kappa shape index (κ1) is 13.2. The smallest absolute Gasteiger partial charge is 0.0543 e. The quantitative estimate of drug-likeness (QED) is 0.797. The molecule has 1 N–H and O–H groups in total. The summed E-state index contributed by atoms with van der Waals surface area (Å²) in [4.78, 5) is 0. The van der Waals surface area contributed by atoms with Gasteiger partial charge in [-0.1, -0.05) is 24.3 Å². The maximum absolute atomic E-state index is 5.28. The zero-order valence-corrected chi connectivity index (χ0v) is 10.8. The van der Waals surface area contributed by atoms with E-state index in [0.29, 0.717) is 12.1 Å². The SMILES string of the molecule is CNC(CCC(C)OC)c1ccccc1C. The van der Waals surface area contributed by atoms with E-state index in [2.05, 4.69) is 43.4 Å². The van der Waals surface area contributed by atoms with Crippen LogP contribution in [0.2, 0.25) is 0 Å². The highest BCUT2D eigenvalue weighted by Gasteiger charge is 2.12. The van der Waals surface area contributed by atoms with Crippen LogP contribution in [0.25, 0.3) is 0 Å². The Morgan fingerprint density at radius 1 is 1.25 bits per heavy atom. The molecular formula is C14H23NO. The number of methoxy groups -OCH3 is 1. The van der Waals surface area contributed by atoms with E-state index in [1.165, 1.54) is 11.1 Å². The third-order valence-electron chi connectivity index (χ3n) is 3.18. The molecule has 2 heteroatoms. The summed E-state index contributed by atoms with van der Waals surface area (Å²) in [5.74, 6) is 0. The molecule has 0 heterocycles. The molecule has 0 aliphatic rings. The van der Waals surface area contributed by atoms with Crippen LogP contribution >= 0.6 is 0 Å². The van der Waals surface area contributed by atoms with Gasteiger partial charge in [-0.05, 0) is 44.9 Å². The molecule has 0 saturated heterocycles. The molecule has 0 saturated carbocycles. The summed E-state index contributed by atoms with van der Waals surface area (Å²) in [5.41, 5.74) is 2.75. The average Bonchev–Trinajstić information content (AvgIpc) is 2.31. The van der Waals surface area contributed by atoms with Crippen molar-refractivity contribution in [1.29, 1.82) is 0 Å². The summed E-state index contributed by atoms with van der Waals surface area (Å²) in [6.07, 6.45) is 2.52.